The van der Waals surface area contributed by atoms with Crippen molar-refractivity contribution in [2.45, 2.75) is 89.7 Å². The quantitative estimate of drug-likeness (QED) is 0.0737. The van der Waals surface area contributed by atoms with Gasteiger partial charge < -0.3 is 14.9 Å². The number of fused-ring (bicyclic) bond motifs is 1. The fourth-order valence-electron chi connectivity index (χ4n) is 7.96. The van der Waals surface area contributed by atoms with E-state index in [1.54, 1.807) is 24.3 Å². The highest BCUT2D eigenvalue weighted by atomic mass is 32.2. The van der Waals surface area contributed by atoms with E-state index in [0.29, 0.717) is 12.5 Å². The van der Waals surface area contributed by atoms with E-state index >= 15 is 0 Å². The molecule has 8 heteroatoms. The first-order valence-electron chi connectivity index (χ1n) is 17.2. The Labute approximate surface area is 288 Å². The van der Waals surface area contributed by atoms with E-state index in [1.807, 2.05) is 18.2 Å². The molecule has 5 N–H and O–H groups in total. The molecule has 0 heterocycles. The molecule has 0 bridgehead atoms. The number of allylic oxidation sites excluding steroid dienone is 3. The molecular weight excluding hydrogens is 621 g/mol. The first kappa shape index (κ1) is 35.5. The second-order valence-corrected chi connectivity index (χ2v) is 13.6. The van der Waals surface area contributed by atoms with Crippen LogP contribution in [0.3, 0.4) is 0 Å². The normalized spacial score (nSPS) is 20.1. The molecule has 2 aliphatic rings. The maximum atomic E-state index is 11.3. The number of benzene rings is 3. The van der Waals surface area contributed by atoms with Crippen LogP contribution in [0.4, 0.5) is 0 Å². The smallest absolute Gasteiger partial charge is 0.335 e. The molecule has 2 aliphatic carbocycles. The number of nitrogens with one attached hydrogen (secondary N) is 1. The van der Waals surface area contributed by atoms with Crippen molar-refractivity contribution in [2.24, 2.45) is 16.5 Å². The third-order valence-electron chi connectivity index (χ3n) is 10.2. The zero-order valence-electron chi connectivity index (χ0n) is 27.7. The first-order chi connectivity index (χ1) is 23.3. The molecule has 0 radical (unpaired) electrons. The minimum absolute atomic E-state index is 0.250. The summed E-state index contributed by atoms with van der Waals surface area (Å²) < 4.78 is 9.97. The van der Waals surface area contributed by atoms with Crippen LogP contribution in [0.1, 0.15) is 104 Å². The van der Waals surface area contributed by atoms with E-state index in [1.165, 1.54) is 35.3 Å². The van der Waals surface area contributed by atoms with Crippen LogP contribution in [0.25, 0.3) is 11.1 Å². The van der Waals surface area contributed by atoms with Gasteiger partial charge in [0.25, 0.3) is 0 Å². The number of carboxylic acid groups (broad SMARTS) is 2. The Balaban J connectivity index is 1.40. The van der Waals surface area contributed by atoms with Crippen molar-refractivity contribution >= 4 is 35.2 Å². The third-order valence-corrected chi connectivity index (χ3v) is 10.7. The summed E-state index contributed by atoms with van der Waals surface area (Å²) in [5, 5.41) is 24.2. The first-order valence-corrected chi connectivity index (χ1v) is 18.1. The lowest BCUT2D eigenvalue weighted by Crippen LogP contribution is -2.35. The van der Waals surface area contributed by atoms with Crippen LogP contribution in [0, 0.1) is 11.3 Å². The number of aromatic carboxylic acids is 1. The average molecular weight is 669 g/mol. The number of carboxylic acids is 2. The maximum Gasteiger partial charge on any atom is 0.335 e. The van der Waals surface area contributed by atoms with Gasteiger partial charge in [-0.05, 0) is 84.9 Å². The molecule has 48 heavy (non-hydrogen) atoms. The fourth-order valence-corrected chi connectivity index (χ4v) is 8.41. The highest BCUT2D eigenvalue weighted by Gasteiger charge is 2.57. The molecule has 1 saturated carbocycles. The summed E-state index contributed by atoms with van der Waals surface area (Å²) in [6.07, 6.45) is 11.7. The van der Waals surface area contributed by atoms with Crippen molar-refractivity contribution in [3.8, 4) is 5.75 Å². The molecule has 254 valence electrons. The molecule has 0 aromatic heterocycles. The van der Waals surface area contributed by atoms with Crippen LogP contribution >= 0.6 is 12.1 Å². The van der Waals surface area contributed by atoms with E-state index in [9.17, 15) is 14.7 Å². The Morgan fingerprint density at radius 1 is 0.896 bits per heavy atom. The Morgan fingerprint density at radius 2 is 1.56 bits per heavy atom. The minimum atomic E-state index is -0.946. The van der Waals surface area contributed by atoms with Gasteiger partial charge in [-0.2, -0.15) is 0 Å². The summed E-state index contributed by atoms with van der Waals surface area (Å²) in [5.41, 5.74) is 7.13. The highest BCUT2D eigenvalue weighted by molar-refractivity contribution is 7.95. The van der Waals surface area contributed by atoms with Gasteiger partial charge in [0.1, 0.15) is 12.4 Å². The Morgan fingerprint density at radius 3 is 2.25 bits per heavy atom. The van der Waals surface area contributed by atoms with Crippen LogP contribution in [0.2, 0.25) is 0 Å². The lowest BCUT2D eigenvalue weighted by molar-refractivity contribution is -0.137. The van der Waals surface area contributed by atoms with E-state index < -0.39 is 11.9 Å². The molecule has 3 atom stereocenters. The number of ether oxygens (including phenoxy) is 1. The summed E-state index contributed by atoms with van der Waals surface area (Å²) in [5.74, 6) is -0.579. The van der Waals surface area contributed by atoms with Gasteiger partial charge in [0.15, 0.2) is 0 Å². The van der Waals surface area contributed by atoms with Gasteiger partial charge in [0, 0.05) is 35.6 Å². The van der Waals surface area contributed by atoms with E-state index in [-0.39, 0.29) is 23.4 Å². The number of unbranched alkanes of at least 4 members (excludes halogenated alkanes) is 6. The topological polar surface area (TPSA) is 122 Å². The lowest BCUT2D eigenvalue weighted by Gasteiger charge is -2.38. The summed E-state index contributed by atoms with van der Waals surface area (Å²) in [6.45, 7) is 5.19. The molecule has 3 aromatic rings. The van der Waals surface area contributed by atoms with Gasteiger partial charge in [-0.25, -0.2) is 9.52 Å². The van der Waals surface area contributed by atoms with E-state index in [4.69, 9.17) is 21.6 Å². The standard InChI is InChI=1S/C40H48N2O5S/c1-28(33-17-12-13-18-36(33)47-27-29-20-22-31(23-21-29)39(45)46)40-25-24-35(42-48-41)34(40)26-32(38(40)30-14-9-7-10-15-30)16-8-5-3-2-4-6-11-19-37(43)44/h7,9-10,12-15,17-18,20-23,34-35,42H,1-6,8,11,16,19,24-27,41H2,(H,43,44)(H,45,46). The van der Waals surface area contributed by atoms with Gasteiger partial charge in [0.05, 0.1) is 5.56 Å². The van der Waals surface area contributed by atoms with Gasteiger partial charge in [-0.1, -0.05) is 105 Å². The Kier molecular flexibility index (Phi) is 12.6. The van der Waals surface area contributed by atoms with Crippen molar-refractivity contribution in [1.29, 1.82) is 0 Å². The zero-order chi connectivity index (χ0) is 33.9. The lowest BCUT2D eigenvalue weighted by atomic mass is 9.66. The average Bonchev–Trinajstić information content (AvgIpc) is 3.61. The molecule has 0 spiro atoms. The predicted octanol–water partition coefficient (Wildman–Crippen LogP) is 9.31. The molecule has 7 nitrogen and oxygen atoms in total. The summed E-state index contributed by atoms with van der Waals surface area (Å²) in [4.78, 5) is 22.1. The van der Waals surface area contributed by atoms with Crippen LogP contribution in [0.15, 0.2) is 91.0 Å². The highest BCUT2D eigenvalue weighted by Crippen LogP contribution is 2.66. The molecule has 5 rings (SSSR count). The predicted molar refractivity (Wildman–Crippen MR) is 194 cm³/mol. The largest absolute Gasteiger partial charge is 0.488 e. The van der Waals surface area contributed by atoms with Crippen LogP contribution < -0.4 is 14.6 Å². The molecule has 0 amide bonds. The molecule has 1 fully saturated rings. The molecule has 0 aliphatic heterocycles. The second kappa shape index (κ2) is 17.0. The SMILES string of the molecule is C=C(c1ccccc1OCc1ccc(C(=O)O)cc1)C12CCC(NSN)C1CC(CCCCCCCCCC(=O)O)=C2c1ccccc1. The monoisotopic (exact) mass is 668 g/mol. The number of aliphatic carboxylic acids is 1. The zero-order valence-corrected chi connectivity index (χ0v) is 28.5. The maximum absolute atomic E-state index is 11.3. The second-order valence-electron chi connectivity index (χ2n) is 13.1. The van der Waals surface area contributed by atoms with Crippen molar-refractivity contribution in [3.63, 3.8) is 0 Å². The number of rotatable bonds is 19. The van der Waals surface area contributed by atoms with Crippen LogP contribution in [-0.4, -0.2) is 28.2 Å². The summed E-state index contributed by atoms with van der Waals surface area (Å²) >= 11 is 1.21. The van der Waals surface area contributed by atoms with Crippen LogP contribution in [0.5, 0.6) is 5.75 Å². The summed E-state index contributed by atoms with van der Waals surface area (Å²) in [7, 11) is 0. The number of carbonyl (C=O) groups is 2. The minimum Gasteiger partial charge on any atom is -0.488 e. The number of nitrogens with two attached hydrogens (primary N) is 1. The van der Waals surface area contributed by atoms with Gasteiger partial charge in [-0.15, -0.1) is 0 Å². The molecule has 3 unspecified atom stereocenters. The van der Waals surface area contributed by atoms with Gasteiger partial charge >= 0.3 is 11.9 Å². The van der Waals surface area contributed by atoms with Gasteiger partial charge in [0.2, 0.25) is 0 Å². The van der Waals surface area contributed by atoms with E-state index in [2.05, 4.69) is 41.1 Å². The van der Waals surface area contributed by atoms with Crippen molar-refractivity contribution in [1.82, 2.24) is 4.72 Å². The molecular formula is C40H48N2O5S. The number of hydrogen-bond donors (Lipinski definition) is 4. The number of para-hydroxylation sites is 1. The van der Waals surface area contributed by atoms with Gasteiger partial charge in [-0.3, -0.25) is 9.93 Å². The van der Waals surface area contributed by atoms with Crippen molar-refractivity contribution < 1.29 is 24.5 Å². The molecule has 3 aromatic carbocycles. The fraction of sp³-hybridized carbons (Fsp3) is 0.400. The molecule has 0 saturated heterocycles. The number of hydrogen-bond acceptors (Lipinski definition) is 6. The Hall–Kier alpha value is -3.85. The van der Waals surface area contributed by atoms with Crippen molar-refractivity contribution in [3.05, 3.63) is 113 Å². The summed E-state index contributed by atoms with van der Waals surface area (Å²) in [6, 6.07) is 26.0. The van der Waals surface area contributed by atoms with E-state index in [0.717, 1.165) is 86.7 Å². The van der Waals surface area contributed by atoms with Crippen molar-refractivity contribution in [2.75, 3.05) is 0 Å². The third kappa shape index (κ3) is 8.23. The van der Waals surface area contributed by atoms with Crippen LogP contribution in [-0.2, 0) is 11.4 Å². The Bertz CT molecular complexity index is 1590.